The first-order valence-electron chi connectivity index (χ1n) is 5.72. The fourth-order valence-corrected chi connectivity index (χ4v) is 1.50. The summed E-state index contributed by atoms with van der Waals surface area (Å²) in [5.41, 5.74) is 1.40. The van der Waals surface area contributed by atoms with Gasteiger partial charge in [0.05, 0.1) is 6.10 Å². The number of aliphatic hydroxyl groups excluding tert-OH is 1. The van der Waals surface area contributed by atoms with Crippen molar-refractivity contribution < 1.29 is 5.11 Å². The largest absolute Gasteiger partial charge is 0.393 e. The number of aliphatic hydroxyl groups is 1. The first-order valence-corrected chi connectivity index (χ1v) is 5.72. The fourth-order valence-electron chi connectivity index (χ4n) is 1.50. The minimum Gasteiger partial charge on any atom is -0.393 e. The molecule has 0 aliphatic rings. The predicted octanol–water partition coefficient (Wildman–Crippen LogP) is 1.98. The van der Waals surface area contributed by atoms with Crippen LogP contribution in [0, 0.1) is 0 Å². The summed E-state index contributed by atoms with van der Waals surface area (Å²) in [6.45, 7) is 3.76. The van der Waals surface area contributed by atoms with Gasteiger partial charge in [-0.25, -0.2) is 0 Å². The summed E-state index contributed by atoms with van der Waals surface area (Å²) in [6.07, 6.45) is 2.93. The van der Waals surface area contributed by atoms with Crippen LogP contribution in [0.1, 0.15) is 25.3 Å². The van der Waals surface area contributed by atoms with Gasteiger partial charge < -0.3 is 10.4 Å². The van der Waals surface area contributed by atoms with Crippen molar-refractivity contribution in [3.05, 3.63) is 35.9 Å². The number of hydrogen-bond acceptors (Lipinski definition) is 2. The highest BCUT2D eigenvalue weighted by Gasteiger charge is 1.95. The van der Waals surface area contributed by atoms with Gasteiger partial charge in [-0.2, -0.15) is 0 Å². The average molecular weight is 207 g/mol. The van der Waals surface area contributed by atoms with Crippen molar-refractivity contribution in [3.63, 3.8) is 0 Å². The summed E-state index contributed by atoms with van der Waals surface area (Å²) in [5, 5.41) is 12.4. The number of rotatable bonds is 7. The Labute approximate surface area is 92.3 Å². The molecule has 2 nitrogen and oxygen atoms in total. The van der Waals surface area contributed by atoms with Crippen molar-refractivity contribution in [1.29, 1.82) is 0 Å². The van der Waals surface area contributed by atoms with E-state index in [4.69, 9.17) is 5.11 Å². The number of nitrogens with one attached hydrogen (secondary N) is 1. The van der Waals surface area contributed by atoms with Crippen LogP contribution in [0.3, 0.4) is 0 Å². The lowest BCUT2D eigenvalue weighted by atomic mass is 10.1. The number of hydrogen-bond donors (Lipinski definition) is 2. The van der Waals surface area contributed by atoms with E-state index >= 15 is 0 Å². The maximum Gasteiger partial charge on any atom is 0.0524 e. The maximum atomic E-state index is 9.05. The minimum absolute atomic E-state index is 0.188. The van der Waals surface area contributed by atoms with Crippen LogP contribution in [-0.2, 0) is 6.42 Å². The summed E-state index contributed by atoms with van der Waals surface area (Å²) in [5.74, 6) is 0. The molecule has 0 bridgehead atoms. The first kappa shape index (κ1) is 12.2. The molecule has 0 amide bonds. The molecule has 1 unspecified atom stereocenters. The smallest absolute Gasteiger partial charge is 0.0524 e. The number of benzene rings is 1. The molecule has 84 valence electrons. The van der Waals surface area contributed by atoms with Gasteiger partial charge in [0.15, 0.2) is 0 Å². The zero-order chi connectivity index (χ0) is 10.9. The van der Waals surface area contributed by atoms with Crippen molar-refractivity contribution in [1.82, 2.24) is 5.32 Å². The molecule has 0 aromatic heterocycles. The van der Waals surface area contributed by atoms with Crippen molar-refractivity contribution in [2.24, 2.45) is 0 Å². The quantitative estimate of drug-likeness (QED) is 0.670. The van der Waals surface area contributed by atoms with Gasteiger partial charge in [0.1, 0.15) is 0 Å². The average Bonchev–Trinajstić information content (AvgIpc) is 2.24. The third-order valence-electron chi connectivity index (χ3n) is 2.40. The third kappa shape index (κ3) is 6.26. The Balaban J connectivity index is 1.98. The second kappa shape index (κ2) is 7.43. The van der Waals surface area contributed by atoms with Crippen molar-refractivity contribution in [3.8, 4) is 0 Å². The Kier molecular flexibility index (Phi) is 6.05. The van der Waals surface area contributed by atoms with Crippen LogP contribution in [-0.4, -0.2) is 24.3 Å². The lowest BCUT2D eigenvalue weighted by molar-refractivity contribution is 0.184. The van der Waals surface area contributed by atoms with Gasteiger partial charge in [-0.1, -0.05) is 30.3 Å². The van der Waals surface area contributed by atoms with E-state index in [2.05, 4.69) is 29.6 Å². The Morgan fingerprint density at radius 1 is 1.20 bits per heavy atom. The Morgan fingerprint density at radius 3 is 2.60 bits per heavy atom. The summed E-state index contributed by atoms with van der Waals surface area (Å²) in [7, 11) is 0. The van der Waals surface area contributed by atoms with E-state index in [0.29, 0.717) is 0 Å². The summed E-state index contributed by atoms with van der Waals surface area (Å²) in [6, 6.07) is 10.5. The first-order chi connectivity index (χ1) is 7.29. The van der Waals surface area contributed by atoms with E-state index < -0.39 is 0 Å². The number of aryl methyl sites for hydroxylation is 1. The van der Waals surface area contributed by atoms with Gasteiger partial charge in [-0.3, -0.25) is 0 Å². The third-order valence-corrected chi connectivity index (χ3v) is 2.40. The van der Waals surface area contributed by atoms with Crippen LogP contribution in [0.5, 0.6) is 0 Å². The molecule has 1 aromatic rings. The van der Waals surface area contributed by atoms with Crippen LogP contribution in [0.25, 0.3) is 0 Å². The molecule has 0 aliphatic heterocycles. The zero-order valence-corrected chi connectivity index (χ0v) is 9.45. The molecule has 2 N–H and O–H groups in total. The van der Waals surface area contributed by atoms with Gasteiger partial charge in [0.2, 0.25) is 0 Å². The van der Waals surface area contributed by atoms with Gasteiger partial charge >= 0.3 is 0 Å². The molecule has 0 saturated carbocycles. The molecule has 0 fully saturated rings. The summed E-state index contributed by atoms with van der Waals surface area (Å²) >= 11 is 0. The summed E-state index contributed by atoms with van der Waals surface area (Å²) < 4.78 is 0. The molecule has 1 rings (SSSR count). The van der Waals surface area contributed by atoms with E-state index in [1.165, 1.54) is 5.56 Å². The molecule has 0 saturated heterocycles. The van der Waals surface area contributed by atoms with E-state index in [-0.39, 0.29) is 6.10 Å². The van der Waals surface area contributed by atoms with E-state index in [1.807, 2.05) is 13.0 Å². The van der Waals surface area contributed by atoms with Crippen LogP contribution in [0.15, 0.2) is 30.3 Å². The SMILES string of the molecule is CC(O)CCNCCCc1ccccc1. The Hall–Kier alpha value is -0.860. The van der Waals surface area contributed by atoms with Crippen LogP contribution < -0.4 is 5.32 Å². The molecule has 1 aromatic carbocycles. The predicted molar refractivity (Wildman–Crippen MR) is 63.9 cm³/mol. The molecule has 2 heteroatoms. The molecular formula is C13H21NO. The highest BCUT2D eigenvalue weighted by atomic mass is 16.3. The Bertz CT molecular complexity index is 246. The highest BCUT2D eigenvalue weighted by molar-refractivity contribution is 5.14. The summed E-state index contributed by atoms with van der Waals surface area (Å²) in [4.78, 5) is 0. The van der Waals surface area contributed by atoms with Gasteiger partial charge in [-0.15, -0.1) is 0 Å². The van der Waals surface area contributed by atoms with Gasteiger partial charge in [0, 0.05) is 0 Å². The molecular weight excluding hydrogens is 186 g/mol. The minimum atomic E-state index is -0.188. The maximum absolute atomic E-state index is 9.05. The van der Waals surface area contributed by atoms with Gasteiger partial charge in [0.25, 0.3) is 0 Å². The molecule has 0 heterocycles. The highest BCUT2D eigenvalue weighted by Crippen LogP contribution is 2.01. The lowest BCUT2D eigenvalue weighted by Crippen LogP contribution is -2.20. The Morgan fingerprint density at radius 2 is 1.93 bits per heavy atom. The van der Waals surface area contributed by atoms with Gasteiger partial charge in [-0.05, 0) is 44.8 Å². The standard InChI is InChI=1S/C13H21NO/c1-12(15)9-11-14-10-5-8-13-6-3-2-4-7-13/h2-4,6-7,12,14-15H,5,8-11H2,1H3. The monoisotopic (exact) mass is 207 g/mol. The van der Waals surface area contributed by atoms with Crippen molar-refractivity contribution in [2.45, 2.75) is 32.3 Å². The van der Waals surface area contributed by atoms with E-state index in [9.17, 15) is 0 Å². The molecule has 0 spiro atoms. The second-order valence-corrected chi connectivity index (χ2v) is 3.98. The van der Waals surface area contributed by atoms with E-state index in [0.717, 1.165) is 32.4 Å². The molecule has 0 aliphatic carbocycles. The van der Waals surface area contributed by atoms with Crippen LogP contribution in [0.4, 0.5) is 0 Å². The molecule has 0 radical (unpaired) electrons. The van der Waals surface area contributed by atoms with Crippen LogP contribution in [0.2, 0.25) is 0 Å². The zero-order valence-electron chi connectivity index (χ0n) is 9.45. The normalized spacial score (nSPS) is 12.7. The van der Waals surface area contributed by atoms with E-state index in [1.54, 1.807) is 0 Å². The van der Waals surface area contributed by atoms with Crippen LogP contribution >= 0.6 is 0 Å². The fraction of sp³-hybridized carbons (Fsp3) is 0.538. The van der Waals surface area contributed by atoms with Crippen molar-refractivity contribution >= 4 is 0 Å². The molecule has 1 atom stereocenters. The topological polar surface area (TPSA) is 32.3 Å². The second-order valence-electron chi connectivity index (χ2n) is 3.98. The lowest BCUT2D eigenvalue weighted by Gasteiger charge is -2.06. The van der Waals surface area contributed by atoms with Crippen molar-refractivity contribution in [2.75, 3.05) is 13.1 Å². The molecule has 15 heavy (non-hydrogen) atoms.